The van der Waals surface area contributed by atoms with Gasteiger partial charge in [-0.3, -0.25) is 0 Å². The van der Waals surface area contributed by atoms with Crippen molar-refractivity contribution in [1.29, 1.82) is 0 Å². The number of hydrogen-bond acceptors (Lipinski definition) is 3. The van der Waals surface area contributed by atoms with Crippen LogP contribution in [0.3, 0.4) is 0 Å². The van der Waals surface area contributed by atoms with E-state index >= 15 is 0 Å². The van der Waals surface area contributed by atoms with Crippen molar-refractivity contribution >= 4 is 17.8 Å². The van der Waals surface area contributed by atoms with Gasteiger partial charge in [-0.15, -0.1) is 0 Å². The third-order valence-electron chi connectivity index (χ3n) is 5.04. The van der Waals surface area contributed by atoms with Crippen LogP contribution in [-0.2, 0) is 6.42 Å². The third-order valence-corrected chi connectivity index (χ3v) is 6.09. The Morgan fingerprint density at radius 1 is 1.17 bits per heavy atom. The lowest BCUT2D eigenvalue weighted by atomic mass is 10.1. The van der Waals surface area contributed by atoms with Crippen molar-refractivity contribution < 1.29 is 4.79 Å². The summed E-state index contributed by atoms with van der Waals surface area (Å²) >= 11 is 1.99. The lowest BCUT2D eigenvalue weighted by Gasteiger charge is -2.23. The highest BCUT2D eigenvalue weighted by atomic mass is 32.2. The van der Waals surface area contributed by atoms with Gasteiger partial charge in [0, 0.05) is 25.7 Å². The van der Waals surface area contributed by atoms with Crippen molar-refractivity contribution in [2.75, 3.05) is 37.7 Å². The summed E-state index contributed by atoms with van der Waals surface area (Å²) in [4.78, 5) is 14.5. The fraction of sp³-hybridized carbons (Fsp3) is 0.632. The monoisotopic (exact) mass is 347 g/mol. The second kappa shape index (κ2) is 9.33. The average Bonchev–Trinajstić information content (AvgIpc) is 3.08. The first kappa shape index (κ1) is 17.6. The Balaban J connectivity index is 1.30. The van der Waals surface area contributed by atoms with E-state index in [1.54, 1.807) is 0 Å². The molecule has 2 fully saturated rings. The topological polar surface area (TPSA) is 44.4 Å². The molecule has 0 saturated carbocycles. The Bertz CT molecular complexity index is 505. The van der Waals surface area contributed by atoms with E-state index in [1.807, 2.05) is 11.8 Å². The molecule has 2 heterocycles. The molecule has 2 aliphatic heterocycles. The molecule has 24 heavy (non-hydrogen) atoms. The quantitative estimate of drug-likeness (QED) is 0.832. The standard InChI is InChI=1S/C19H29N3OS/c23-19(21-18-8-12-24-13-9-18)20-14-17-7-11-22(15-17)10-6-16-4-2-1-3-5-16/h1-5,17-18H,6-15H2,(H2,20,21,23)/t17-/m1/s1. The van der Waals surface area contributed by atoms with Crippen LogP contribution in [0.15, 0.2) is 30.3 Å². The zero-order valence-electron chi connectivity index (χ0n) is 14.4. The number of urea groups is 1. The normalized spacial score (nSPS) is 22.4. The van der Waals surface area contributed by atoms with Crippen molar-refractivity contribution in [3.05, 3.63) is 35.9 Å². The third kappa shape index (κ3) is 5.71. The fourth-order valence-corrected chi connectivity index (χ4v) is 4.64. The van der Waals surface area contributed by atoms with Crippen molar-refractivity contribution in [3.8, 4) is 0 Å². The number of thioether (sulfide) groups is 1. The lowest BCUT2D eigenvalue weighted by Crippen LogP contribution is -2.45. The SMILES string of the molecule is O=C(NC[C@H]1CCN(CCc2ccccc2)C1)NC1CCSCC1. The summed E-state index contributed by atoms with van der Waals surface area (Å²) in [6, 6.07) is 11.1. The molecule has 4 nitrogen and oxygen atoms in total. The molecular weight excluding hydrogens is 318 g/mol. The highest BCUT2D eigenvalue weighted by Crippen LogP contribution is 2.17. The number of nitrogens with one attached hydrogen (secondary N) is 2. The predicted molar refractivity (Wildman–Crippen MR) is 102 cm³/mol. The lowest BCUT2D eigenvalue weighted by molar-refractivity contribution is 0.233. The van der Waals surface area contributed by atoms with Gasteiger partial charge in [0.1, 0.15) is 0 Å². The maximum atomic E-state index is 12.0. The Hall–Kier alpha value is -1.20. The van der Waals surface area contributed by atoms with Crippen molar-refractivity contribution in [2.45, 2.75) is 31.7 Å². The molecule has 2 amide bonds. The van der Waals surface area contributed by atoms with Crippen molar-refractivity contribution in [2.24, 2.45) is 5.92 Å². The molecule has 0 aromatic heterocycles. The summed E-state index contributed by atoms with van der Waals surface area (Å²) in [7, 11) is 0. The highest BCUT2D eigenvalue weighted by molar-refractivity contribution is 7.99. The molecule has 5 heteroatoms. The van der Waals surface area contributed by atoms with Gasteiger partial charge in [-0.05, 0) is 55.2 Å². The van der Waals surface area contributed by atoms with Crippen LogP contribution in [0.4, 0.5) is 4.79 Å². The Kier molecular flexibility index (Phi) is 6.85. The number of nitrogens with zero attached hydrogens (tertiary/aromatic N) is 1. The molecule has 0 spiro atoms. The maximum Gasteiger partial charge on any atom is 0.315 e. The van der Waals surface area contributed by atoms with E-state index in [4.69, 9.17) is 0 Å². The van der Waals surface area contributed by atoms with Crippen LogP contribution in [0, 0.1) is 5.92 Å². The van der Waals surface area contributed by atoms with E-state index in [9.17, 15) is 4.79 Å². The van der Waals surface area contributed by atoms with E-state index in [2.05, 4.69) is 45.9 Å². The molecular formula is C19H29N3OS. The van der Waals surface area contributed by atoms with Gasteiger partial charge in [-0.1, -0.05) is 30.3 Å². The molecule has 0 unspecified atom stereocenters. The second-order valence-corrected chi connectivity index (χ2v) is 8.16. The van der Waals surface area contributed by atoms with E-state index in [-0.39, 0.29) is 6.03 Å². The summed E-state index contributed by atoms with van der Waals surface area (Å²) in [5, 5.41) is 6.21. The summed E-state index contributed by atoms with van der Waals surface area (Å²) in [5.74, 6) is 2.93. The Morgan fingerprint density at radius 2 is 1.96 bits per heavy atom. The largest absolute Gasteiger partial charge is 0.338 e. The summed E-state index contributed by atoms with van der Waals surface area (Å²) < 4.78 is 0. The number of carbonyl (C=O) groups excluding carboxylic acids is 1. The van der Waals surface area contributed by atoms with Gasteiger partial charge in [-0.25, -0.2) is 4.79 Å². The molecule has 2 N–H and O–H groups in total. The number of amides is 2. The van der Waals surface area contributed by atoms with Crippen LogP contribution >= 0.6 is 11.8 Å². The molecule has 1 aromatic rings. The number of benzene rings is 1. The first-order chi connectivity index (χ1) is 11.8. The summed E-state index contributed by atoms with van der Waals surface area (Å²) in [6.07, 6.45) is 4.51. The fourth-order valence-electron chi connectivity index (χ4n) is 3.53. The van der Waals surface area contributed by atoms with Gasteiger partial charge >= 0.3 is 6.03 Å². The van der Waals surface area contributed by atoms with Crippen LogP contribution in [0.25, 0.3) is 0 Å². The molecule has 2 saturated heterocycles. The minimum Gasteiger partial charge on any atom is -0.338 e. The van der Waals surface area contributed by atoms with Crippen LogP contribution in [0.2, 0.25) is 0 Å². The molecule has 1 atom stereocenters. The minimum atomic E-state index is 0.0228. The van der Waals surface area contributed by atoms with E-state index in [1.165, 1.54) is 23.5 Å². The molecule has 0 aliphatic carbocycles. The van der Waals surface area contributed by atoms with Crippen LogP contribution < -0.4 is 10.6 Å². The van der Waals surface area contributed by atoms with Gasteiger partial charge in [0.15, 0.2) is 0 Å². The van der Waals surface area contributed by atoms with Gasteiger partial charge in [0.25, 0.3) is 0 Å². The first-order valence-electron chi connectivity index (χ1n) is 9.18. The van der Waals surface area contributed by atoms with Crippen molar-refractivity contribution in [1.82, 2.24) is 15.5 Å². The molecule has 1 aromatic carbocycles. The number of rotatable bonds is 6. The zero-order valence-corrected chi connectivity index (χ0v) is 15.2. The number of carbonyl (C=O) groups is 1. The average molecular weight is 348 g/mol. The molecule has 2 aliphatic rings. The van der Waals surface area contributed by atoms with Crippen LogP contribution in [-0.4, -0.2) is 54.7 Å². The molecule has 3 rings (SSSR count). The first-order valence-corrected chi connectivity index (χ1v) is 10.3. The molecule has 0 bridgehead atoms. The Labute approximate surface area is 149 Å². The smallest absolute Gasteiger partial charge is 0.315 e. The highest BCUT2D eigenvalue weighted by Gasteiger charge is 2.23. The van der Waals surface area contributed by atoms with E-state index in [0.717, 1.165) is 45.4 Å². The molecule has 0 radical (unpaired) electrons. The van der Waals surface area contributed by atoms with Gasteiger partial charge in [-0.2, -0.15) is 11.8 Å². The van der Waals surface area contributed by atoms with Crippen LogP contribution in [0.1, 0.15) is 24.8 Å². The Morgan fingerprint density at radius 3 is 2.75 bits per heavy atom. The molecule has 132 valence electrons. The second-order valence-electron chi connectivity index (χ2n) is 6.93. The van der Waals surface area contributed by atoms with Crippen LogP contribution in [0.5, 0.6) is 0 Å². The maximum absolute atomic E-state index is 12.0. The predicted octanol–water partition coefficient (Wildman–Crippen LogP) is 2.75. The van der Waals surface area contributed by atoms with E-state index < -0.39 is 0 Å². The summed E-state index contributed by atoms with van der Waals surface area (Å²) in [6.45, 7) is 4.18. The van der Waals surface area contributed by atoms with Gasteiger partial charge < -0.3 is 15.5 Å². The number of hydrogen-bond donors (Lipinski definition) is 2. The zero-order chi connectivity index (χ0) is 16.6. The minimum absolute atomic E-state index is 0.0228. The summed E-state index contributed by atoms with van der Waals surface area (Å²) in [5.41, 5.74) is 1.41. The van der Waals surface area contributed by atoms with Gasteiger partial charge in [0.2, 0.25) is 0 Å². The van der Waals surface area contributed by atoms with E-state index in [0.29, 0.717) is 12.0 Å². The van der Waals surface area contributed by atoms with Crippen molar-refractivity contribution in [3.63, 3.8) is 0 Å². The van der Waals surface area contributed by atoms with Gasteiger partial charge in [0.05, 0.1) is 0 Å². The number of likely N-dealkylation sites (tertiary alicyclic amines) is 1.